The van der Waals surface area contributed by atoms with Gasteiger partial charge in [-0.3, -0.25) is 4.90 Å². The minimum atomic E-state index is -1.11. The number of carbonyl (C=O) groups is 1. The average Bonchev–Trinajstić information content (AvgIpc) is 2.55. The minimum Gasteiger partial charge on any atom is -0.476 e. The lowest BCUT2D eigenvalue weighted by Crippen LogP contribution is -2.45. The molecule has 0 spiro atoms. The van der Waals surface area contributed by atoms with Gasteiger partial charge in [-0.1, -0.05) is 35.9 Å². The molecule has 2 heterocycles. The predicted molar refractivity (Wildman–Crippen MR) is 94.9 cm³/mol. The first kappa shape index (κ1) is 16.7. The topological polar surface area (TPSA) is 56.7 Å². The molecular weight excluding hydrogens is 326 g/mol. The summed E-state index contributed by atoms with van der Waals surface area (Å²) in [6.07, 6.45) is 0.969. The number of fused-ring (bicyclic) bond motifs is 1. The van der Waals surface area contributed by atoms with E-state index >= 15 is 0 Å². The van der Waals surface area contributed by atoms with Crippen molar-refractivity contribution in [2.75, 3.05) is 25.5 Å². The van der Waals surface area contributed by atoms with Gasteiger partial charge in [0.05, 0.1) is 5.02 Å². The Morgan fingerprint density at radius 1 is 1.33 bits per heavy atom. The van der Waals surface area contributed by atoms with Crippen LogP contribution in [0.4, 0.5) is 5.82 Å². The number of aromatic carboxylic acids is 1. The summed E-state index contributed by atoms with van der Waals surface area (Å²) in [7, 11) is 4.04. The Hall–Kier alpha value is -2.11. The van der Waals surface area contributed by atoms with Crippen LogP contribution in [0.1, 0.15) is 21.6 Å². The third kappa shape index (κ3) is 3.37. The van der Waals surface area contributed by atoms with Crippen LogP contribution in [0.25, 0.3) is 0 Å². The molecule has 126 valence electrons. The molecule has 1 aromatic carbocycles. The second kappa shape index (κ2) is 6.79. The number of pyridine rings is 1. The zero-order valence-corrected chi connectivity index (χ0v) is 14.5. The predicted octanol–water partition coefficient (Wildman–Crippen LogP) is 2.93. The first-order valence-corrected chi connectivity index (χ1v) is 8.21. The van der Waals surface area contributed by atoms with E-state index in [1.54, 1.807) is 12.1 Å². The van der Waals surface area contributed by atoms with Gasteiger partial charge in [0, 0.05) is 26.2 Å². The van der Waals surface area contributed by atoms with E-state index in [1.807, 2.05) is 11.9 Å². The molecule has 1 atom stereocenters. The number of nitrogens with zero attached hydrogens (tertiary/aromatic N) is 3. The molecule has 0 amide bonds. The van der Waals surface area contributed by atoms with Crippen molar-refractivity contribution >= 4 is 23.4 Å². The summed E-state index contributed by atoms with van der Waals surface area (Å²) in [6, 6.07) is 12.2. The second-order valence-electron chi connectivity index (χ2n) is 6.23. The third-order valence-corrected chi connectivity index (χ3v) is 4.83. The Morgan fingerprint density at radius 2 is 2.04 bits per heavy atom. The van der Waals surface area contributed by atoms with Crippen LogP contribution in [0.3, 0.4) is 0 Å². The van der Waals surface area contributed by atoms with E-state index in [2.05, 4.69) is 41.2 Å². The molecule has 1 aliphatic heterocycles. The summed E-state index contributed by atoms with van der Waals surface area (Å²) in [5, 5.41) is 9.33. The van der Waals surface area contributed by atoms with E-state index in [0.717, 1.165) is 19.5 Å². The van der Waals surface area contributed by atoms with Crippen LogP contribution < -0.4 is 4.90 Å². The van der Waals surface area contributed by atoms with Gasteiger partial charge in [-0.25, -0.2) is 9.78 Å². The molecule has 0 unspecified atom stereocenters. The summed E-state index contributed by atoms with van der Waals surface area (Å²) >= 11 is 5.90. The Kier molecular flexibility index (Phi) is 4.73. The lowest BCUT2D eigenvalue weighted by molar-refractivity contribution is 0.0691. The molecule has 0 fully saturated rings. The molecule has 3 rings (SSSR count). The fourth-order valence-electron chi connectivity index (χ4n) is 3.13. The first-order valence-electron chi connectivity index (χ1n) is 7.83. The summed E-state index contributed by atoms with van der Waals surface area (Å²) in [4.78, 5) is 19.7. The van der Waals surface area contributed by atoms with Crippen molar-refractivity contribution in [3.05, 3.63) is 58.2 Å². The van der Waals surface area contributed by atoms with Gasteiger partial charge in [-0.05, 0) is 36.7 Å². The molecule has 6 heteroatoms. The minimum absolute atomic E-state index is 0.108. The van der Waals surface area contributed by atoms with Crippen molar-refractivity contribution in [1.29, 1.82) is 0 Å². The Balaban J connectivity index is 1.77. The standard InChI is InChI=1S/C18H20ClN3O2/c1-21-10-13-6-4-3-5-12(13)9-14(21)11-22(2)16-8-7-15(19)17(20-16)18(23)24/h3-8,14H,9-11H2,1-2H3,(H,23,24)/t14-/m0/s1. The fraction of sp³-hybridized carbons (Fsp3) is 0.333. The first-order chi connectivity index (χ1) is 11.5. The van der Waals surface area contributed by atoms with Crippen LogP contribution >= 0.6 is 11.6 Å². The lowest BCUT2D eigenvalue weighted by Gasteiger charge is -2.36. The highest BCUT2D eigenvalue weighted by Crippen LogP contribution is 2.24. The van der Waals surface area contributed by atoms with Crippen LogP contribution in [0, 0.1) is 0 Å². The van der Waals surface area contributed by atoms with E-state index < -0.39 is 5.97 Å². The highest BCUT2D eigenvalue weighted by molar-refractivity contribution is 6.33. The number of anilines is 1. The molecule has 2 aromatic rings. The van der Waals surface area contributed by atoms with E-state index in [4.69, 9.17) is 11.6 Å². The van der Waals surface area contributed by atoms with Gasteiger partial charge in [-0.15, -0.1) is 0 Å². The van der Waals surface area contributed by atoms with Crippen LogP contribution in [0.5, 0.6) is 0 Å². The number of benzene rings is 1. The van der Waals surface area contributed by atoms with Gasteiger partial charge in [0.15, 0.2) is 5.69 Å². The number of rotatable bonds is 4. The maximum Gasteiger partial charge on any atom is 0.356 e. The highest BCUT2D eigenvalue weighted by Gasteiger charge is 2.25. The number of hydrogen-bond acceptors (Lipinski definition) is 4. The Morgan fingerprint density at radius 3 is 2.75 bits per heavy atom. The van der Waals surface area contributed by atoms with Crippen molar-refractivity contribution in [3.63, 3.8) is 0 Å². The van der Waals surface area contributed by atoms with Crippen LogP contribution in [0.2, 0.25) is 5.02 Å². The number of carboxylic acid groups (broad SMARTS) is 1. The third-order valence-electron chi connectivity index (χ3n) is 4.53. The smallest absolute Gasteiger partial charge is 0.356 e. The molecule has 5 nitrogen and oxygen atoms in total. The normalized spacial score (nSPS) is 17.4. The highest BCUT2D eigenvalue weighted by atomic mass is 35.5. The van der Waals surface area contributed by atoms with Gasteiger partial charge in [-0.2, -0.15) is 0 Å². The number of aromatic nitrogens is 1. The molecule has 24 heavy (non-hydrogen) atoms. The van der Waals surface area contributed by atoms with Crippen molar-refractivity contribution in [2.24, 2.45) is 0 Å². The second-order valence-corrected chi connectivity index (χ2v) is 6.63. The maximum atomic E-state index is 11.2. The molecule has 0 saturated heterocycles. The maximum absolute atomic E-state index is 11.2. The van der Waals surface area contributed by atoms with Gasteiger partial charge < -0.3 is 10.0 Å². The number of hydrogen-bond donors (Lipinski definition) is 1. The van der Waals surface area contributed by atoms with E-state index in [1.165, 1.54) is 11.1 Å². The van der Waals surface area contributed by atoms with E-state index in [9.17, 15) is 9.90 Å². The summed E-state index contributed by atoms with van der Waals surface area (Å²) in [5.74, 6) is -0.497. The summed E-state index contributed by atoms with van der Waals surface area (Å²) in [6.45, 7) is 1.68. The van der Waals surface area contributed by atoms with Crippen molar-refractivity contribution < 1.29 is 9.90 Å². The Bertz CT molecular complexity index is 766. The number of halogens is 1. The van der Waals surface area contributed by atoms with Crippen LogP contribution in [0.15, 0.2) is 36.4 Å². The summed E-state index contributed by atoms with van der Waals surface area (Å²) < 4.78 is 0. The van der Waals surface area contributed by atoms with E-state index in [-0.39, 0.29) is 10.7 Å². The number of likely N-dealkylation sites (N-methyl/N-ethyl adjacent to an activating group) is 2. The number of carboxylic acids is 1. The molecule has 1 aliphatic rings. The molecule has 0 radical (unpaired) electrons. The SMILES string of the molecule is CN(C[C@@H]1Cc2ccccc2CN1C)c1ccc(Cl)c(C(=O)O)n1. The molecular formula is C18H20ClN3O2. The molecule has 1 aromatic heterocycles. The fourth-order valence-corrected chi connectivity index (χ4v) is 3.31. The van der Waals surface area contributed by atoms with Gasteiger partial charge in [0.1, 0.15) is 5.82 Å². The molecule has 0 bridgehead atoms. The monoisotopic (exact) mass is 345 g/mol. The van der Waals surface area contributed by atoms with Crippen LogP contribution in [-0.4, -0.2) is 47.6 Å². The van der Waals surface area contributed by atoms with Gasteiger partial charge in [0.2, 0.25) is 0 Å². The lowest BCUT2D eigenvalue weighted by atomic mass is 9.94. The van der Waals surface area contributed by atoms with Crippen molar-refractivity contribution in [3.8, 4) is 0 Å². The van der Waals surface area contributed by atoms with E-state index in [0.29, 0.717) is 11.9 Å². The van der Waals surface area contributed by atoms with Crippen LogP contribution in [-0.2, 0) is 13.0 Å². The zero-order chi connectivity index (χ0) is 17.3. The zero-order valence-electron chi connectivity index (χ0n) is 13.7. The summed E-state index contributed by atoms with van der Waals surface area (Å²) in [5.41, 5.74) is 2.64. The molecule has 0 aliphatic carbocycles. The van der Waals surface area contributed by atoms with Gasteiger partial charge in [0.25, 0.3) is 0 Å². The Labute approximate surface area is 146 Å². The molecule has 0 saturated carbocycles. The molecule has 1 N–H and O–H groups in total. The van der Waals surface area contributed by atoms with Gasteiger partial charge >= 0.3 is 5.97 Å². The average molecular weight is 346 g/mol. The quantitative estimate of drug-likeness (QED) is 0.923. The van der Waals surface area contributed by atoms with Crippen molar-refractivity contribution in [2.45, 2.75) is 19.0 Å². The van der Waals surface area contributed by atoms with Crippen molar-refractivity contribution in [1.82, 2.24) is 9.88 Å². The largest absolute Gasteiger partial charge is 0.476 e.